The smallest absolute Gasteiger partial charge is 0.231 e. The lowest BCUT2D eigenvalue weighted by molar-refractivity contribution is -0.121. The summed E-state index contributed by atoms with van der Waals surface area (Å²) < 4.78 is 24.1. The van der Waals surface area contributed by atoms with E-state index in [1.54, 1.807) is 12.1 Å². The normalized spacial score (nSPS) is 13.3. The molecule has 0 saturated heterocycles. The maximum Gasteiger partial charge on any atom is 0.231 e. The van der Waals surface area contributed by atoms with Gasteiger partial charge in [-0.25, -0.2) is 4.39 Å². The molecule has 6 heteroatoms. The molecule has 1 unspecified atom stereocenters. The summed E-state index contributed by atoms with van der Waals surface area (Å²) in [5.41, 5.74) is 3.90. The Hall–Kier alpha value is -3.80. The van der Waals surface area contributed by atoms with Crippen molar-refractivity contribution in [1.29, 1.82) is 0 Å². The van der Waals surface area contributed by atoms with E-state index in [-0.39, 0.29) is 30.9 Å². The van der Waals surface area contributed by atoms with Crippen LogP contribution in [-0.2, 0) is 11.3 Å². The standard InChI is InChI=1S/C25H21FN2O3/c26-18-8-5-16(6-9-18)13-28-25(29)12-20(17-7-10-23-24(11-17)31-15-30-23)21-14-27-22-4-2-1-3-19(21)22/h1-11,14,20,27H,12-13,15H2,(H,28,29). The number of halogens is 1. The molecular weight excluding hydrogens is 395 g/mol. The summed E-state index contributed by atoms with van der Waals surface area (Å²) in [4.78, 5) is 16.2. The fourth-order valence-corrected chi connectivity index (χ4v) is 3.98. The van der Waals surface area contributed by atoms with Crippen molar-refractivity contribution >= 4 is 16.8 Å². The molecule has 1 atom stereocenters. The van der Waals surface area contributed by atoms with Gasteiger partial charge in [-0.3, -0.25) is 4.79 Å². The summed E-state index contributed by atoms with van der Waals surface area (Å²) in [6, 6.07) is 20.0. The van der Waals surface area contributed by atoms with Crippen molar-refractivity contribution in [2.75, 3.05) is 6.79 Å². The number of para-hydroxylation sites is 1. The second-order valence-corrected chi connectivity index (χ2v) is 7.56. The summed E-state index contributed by atoms with van der Waals surface area (Å²) in [5.74, 6) is 0.852. The predicted molar refractivity (Wildman–Crippen MR) is 116 cm³/mol. The highest BCUT2D eigenvalue weighted by Gasteiger charge is 2.24. The monoisotopic (exact) mass is 416 g/mol. The van der Waals surface area contributed by atoms with Crippen molar-refractivity contribution in [3.8, 4) is 11.5 Å². The largest absolute Gasteiger partial charge is 0.454 e. The van der Waals surface area contributed by atoms with E-state index in [0.717, 1.165) is 27.6 Å². The first-order valence-corrected chi connectivity index (χ1v) is 10.1. The Bertz CT molecular complexity index is 1230. The number of benzene rings is 3. The number of H-pyrrole nitrogens is 1. The second kappa shape index (κ2) is 8.14. The van der Waals surface area contributed by atoms with Crippen LogP contribution >= 0.6 is 0 Å². The van der Waals surface area contributed by atoms with Crippen LogP contribution in [0.15, 0.2) is 72.9 Å². The van der Waals surface area contributed by atoms with Gasteiger partial charge in [0.2, 0.25) is 12.7 Å². The number of hydrogen-bond acceptors (Lipinski definition) is 3. The molecule has 1 aliphatic rings. The molecule has 1 aliphatic heterocycles. The van der Waals surface area contributed by atoms with E-state index in [4.69, 9.17) is 9.47 Å². The van der Waals surface area contributed by atoms with Gasteiger partial charge in [0.25, 0.3) is 0 Å². The molecule has 2 N–H and O–H groups in total. The fourth-order valence-electron chi connectivity index (χ4n) is 3.98. The van der Waals surface area contributed by atoms with Gasteiger partial charge in [-0.15, -0.1) is 0 Å². The van der Waals surface area contributed by atoms with E-state index < -0.39 is 0 Å². The molecule has 1 amide bonds. The van der Waals surface area contributed by atoms with Crippen molar-refractivity contribution in [2.24, 2.45) is 0 Å². The average molecular weight is 416 g/mol. The predicted octanol–water partition coefficient (Wildman–Crippen LogP) is 4.87. The minimum atomic E-state index is -0.294. The summed E-state index contributed by atoms with van der Waals surface area (Å²) >= 11 is 0. The Morgan fingerprint density at radius 3 is 2.71 bits per heavy atom. The number of hydrogen-bond donors (Lipinski definition) is 2. The van der Waals surface area contributed by atoms with Crippen molar-refractivity contribution in [1.82, 2.24) is 10.3 Å². The highest BCUT2D eigenvalue weighted by atomic mass is 19.1. The zero-order valence-corrected chi connectivity index (χ0v) is 16.7. The summed E-state index contributed by atoms with van der Waals surface area (Å²) in [6.07, 6.45) is 2.23. The highest BCUT2D eigenvalue weighted by molar-refractivity contribution is 5.86. The zero-order chi connectivity index (χ0) is 21.2. The number of carbonyl (C=O) groups excluding carboxylic acids is 1. The van der Waals surface area contributed by atoms with Gasteiger partial charge in [0.15, 0.2) is 11.5 Å². The number of nitrogens with one attached hydrogen (secondary N) is 2. The molecular formula is C25H21FN2O3. The number of carbonyl (C=O) groups is 1. The van der Waals surface area contributed by atoms with Crippen LogP contribution in [0.25, 0.3) is 10.9 Å². The van der Waals surface area contributed by atoms with E-state index in [1.165, 1.54) is 12.1 Å². The minimum Gasteiger partial charge on any atom is -0.454 e. The maximum absolute atomic E-state index is 13.1. The lowest BCUT2D eigenvalue weighted by atomic mass is 9.87. The van der Waals surface area contributed by atoms with Crippen LogP contribution in [0, 0.1) is 5.82 Å². The first-order chi connectivity index (χ1) is 15.2. The highest BCUT2D eigenvalue weighted by Crippen LogP contribution is 2.39. The molecule has 0 saturated carbocycles. The van der Waals surface area contributed by atoms with Crippen molar-refractivity contribution < 1.29 is 18.7 Å². The maximum atomic E-state index is 13.1. The van der Waals surface area contributed by atoms with Crippen molar-refractivity contribution in [3.05, 3.63) is 95.4 Å². The lowest BCUT2D eigenvalue weighted by Crippen LogP contribution is -2.25. The summed E-state index contributed by atoms with van der Waals surface area (Å²) in [5, 5.41) is 4.03. The van der Waals surface area contributed by atoms with Crippen LogP contribution in [-0.4, -0.2) is 17.7 Å². The third kappa shape index (κ3) is 3.97. The number of rotatable bonds is 6. The first-order valence-electron chi connectivity index (χ1n) is 10.1. The number of aromatic nitrogens is 1. The van der Waals surface area contributed by atoms with Crippen LogP contribution in [0.4, 0.5) is 4.39 Å². The van der Waals surface area contributed by atoms with Gasteiger partial charge in [0, 0.05) is 36.0 Å². The third-order valence-electron chi connectivity index (χ3n) is 5.59. The SMILES string of the molecule is O=C(CC(c1ccc2c(c1)OCO2)c1c[nH]c2ccccc12)NCc1ccc(F)cc1. The molecule has 5 rings (SSSR count). The van der Waals surface area contributed by atoms with E-state index in [1.807, 2.05) is 42.6 Å². The fraction of sp³-hybridized carbons (Fsp3) is 0.160. The Balaban J connectivity index is 1.42. The number of amides is 1. The molecule has 0 aliphatic carbocycles. The molecule has 31 heavy (non-hydrogen) atoms. The van der Waals surface area contributed by atoms with Gasteiger partial charge in [-0.1, -0.05) is 36.4 Å². The van der Waals surface area contributed by atoms with Crippen LogP contribution in [0.1, 0.15) is 29.0 Å². The van der Waals surface area contributed by atoms with Gasteiger partial charge in [0.05, 0.1) is 0 Å². The first kappa shape index (κ1) is 19.2. The quantitative estimate of drug-likeness (QED) is 0.471. The molecule has 4 aromatic rings. The van der Waals surface area contributed by atoms with Gasteiger partial charge < -0.3 is 19.8 Å². The van der Waals surface area contributed by atoms with Gasteiger partial charge in [0.1, 0.15) is 5.82 Å². The van der Waals surface area contributed by atoms with E-state index in [0.29, 0.717) is 18.0 Å². The van der Waals surface area contributed by atoms with E-state index >= 15 is 0 Å². The topological polar surface area (TPSA) is 63.4 Å². The Labute approximate surface area is 178 Å². The lowest BCUT2D eigenvalue weighted by Gasteiger charge is -2.18. The molecule has 0 fully saturated rings. The zero-order valence-electron chi connectivity index (χ0n) is 16.7. The summed E-state index contributed by atoms with van der Waals surface area (Å²) in [6.45, 7) is 0.551. The second-order valence-electron chi connectivity index (χ2n) is 7.56. The molecule has 0 spiro atoms. The van der Waals surface area contributed by atoms with E-state index in [9.17, 15) is 9.18 Å². The molecule has 0 radical (unpaired) electrons. The molecule has 0 bridgehead atoms. The van der Waals surface area contributed by atoms with Crippen molar-refractivity contribution in [2.45, 2.75) is 18.9 Å². The Morgan fingerprint density at radius 1 is 1.03 bits per heavy atom. The average Bonchev–Trinajstić information content (AvgIpc) is 3.43. The molecule has 156 valence electrons. The number of aromatic amines is 1. The van der Waals surface area contributed by atoms with Crippen LogP contribution < -0.4 is 14.8 Å². The van der Waals surface area contributed by atoms with Gasteiger partial charge in [-0.05, 0) is 47.0 Å². The van der Waals surface area contributed by atoms with Crippen LogP contribution in [0.5, 0.6) is 11.5 Å². The molecule has 3 aromatic carbocycles. The molecule has 2 heterocycles. The van der Waals surface area contributed by atoms with Crippen molar-refractivity contribution in [3.63, 3.8) is 0 Å². The van der Waals surface area contributed by atoms with E-state index in [2.05, 4.69) is 16.4 Å². The molecule has 5 nitrogen and oxygen atoms in total. The number of ether oxygens (including phenoxy) is 2. The van der Waals surface area contributed by atoms with Gasteiger partial charge >= 0.3 is 0 Å². The third-order valence-corrected chi connectivity index (χ3v) is 5.59. The number of fused-ring (bicyclic) bond motifs is 2. The Morgan fingerprint density at radius 2 is 1.84 bits per heavy atom. The Kier molecular flexibility index (Phi) is 5.04. The minimum absolute atomic E-state index is 0.0859. The van der Waals surface area contributed by atoms with Crippen LogP contribution in [0.3, 0.4) is 0 Å². The van der Waals surface area contributed by atoms with Crippen LogP contribution in [0.2, 0.25) is 0 Å². The molecule has 1 aromatic heterocycles. The summed E-state index contributed by atoms with van der Waals surface area (Å²) in [7, 11) is 0. The van der Waals surface area contributed by atoms with Gasteiger partial charge in [-0.2, -0.15) is 0 Å².